The van der Waals surface area contributed by atoms with E-state index < -0.39 is 11.4 Å². The van der Waals surface area contributed by atoms with Crippen molar-refractivity contribution >= 4 is 12.1 Å². The van der Waals surface area contributed by atoms with E-state index in [0.29, 0.717) is 29.5 Å². The number of amides is 1. The van der Waals surface area contributed by atoms with Crippen LogP contribution in [-0.2, 0) is 23.2 Å². The van der Waals surface area contributed by atoms with Gasteiger partial charge in [0.05, 0.1) is 17.8 Å². The molecule has 4 rings (SSSR count). The maximum Gasteiger partial charge on any atom is 0.409 e. The number of carboxylic acid groups (broad SMARTS) is 1. The van der Waals surface area contributed by atoms with Gasteiger partial charge in [0.2, 0.25) is 0 Å². The van der Waals surface area contributed by atoms with Crippen molar-refractivity contribution < 1.29 is 19.4 Å². The minimum atomic E-state index is -0.822. The quantitative estimate of drug-likeness (QED) is 0.623. The van der Waals surface area contributed by atoms with Gasteiger partial charge in [-0.2, -0.15) is 0 Å². The van der Waals surface area contributed by atoms with Crippen LogP contribution < -0.4 is 0 Å². The Morgan fingerprint density at radius 3 is 2.68 bits per heavy atom. The Balaban J connectivity index is 1.43. The summed E-state index contributed by atoms with van der Waals surface area (Å²) in [5, 5.41) is 17.4. The molecule has 2 aliphatic rings. The summed E-state index contributed by atoms with van der Waals surface area (Å²) < 4.78 is 7.15. The number of pyridine rings is 1. The predicted octanol–water partition coefficient (Wildman–Crippen LogP) is 3.55. The van der Waals surface area contributed by atoms with E-state index in [4.69, 9.17) is 9.84 Å². The normalized spacial score (nSPS) is 16.6. The van der Waals surface area contributed by atoms with Gasteiger partial charge in [0, 0.05) is 31.6 Å². The van der Waals surface area contributed by atoms with Crippen molar-refractivity contribution in [2.45, 2.75) is 58.5 Å². The van der Waals surface area contributed by atoms with Crippen LogP contribution in [0.1, 0.15) is 61.9 Å². The first-order chi connectivity index (χ1) is 16.3. The molecule has 2 aromatic heterocycles. The third-order valence-electron chi connectivity index (χ3n) is 6.73. The maximum atomic E-state index is 12.5. The average molecular weight is 466 g/mol. The lowest BCUT2D eigenvalue weighted by Crippen LogP contribution is -2.31. The first kappa shape index (κ1) is 23.7. The molecule has 0 spiro atoms. The molecule has 0 aliphatic heterocycles. The SMILES string of the molecule is Cc1nc(-c2nnn(C)c2COC(=O)N(C)CC2CCCC2)ccc1C#CC1(CC(=O)O)CC1. The number of nitrogens with zero attached hydrogens (tertiary/aromatic N) is 5. The molecule has 2 saturated carbocycles. The van der Waals surface area contributed by atoms with Crippen LogP contribution in [0, 0.1) is 30.1 Å². The number of carboxylic acids is 1. The van der Waals surface area contributed by atoms with Crippen LogP contribution in [0.2, 0.25) is 0 Å². The van der Waals surface area contributed by atoms with Gasteiger partial charge in [-0.1, -0.05) is 29.9 Å². The van der Waals surface area contributed by atoms with Crippen molar-refractivity contribution in [3.8, 4) is 23.2 Å². The molecule has 180 valence electrons. The van der Waals surface area contributed by atoms with Crippen LogP contribution in [0.15, 0.2) is 12.1 Å². The van der Waals surface area contributed by atoms with Crippen molar-refractivity contribution in [3.63, 3.8) is 0 Å². The van der Waals surface area contributed by atoms with Crippen LogP contribution in [0.5, 0.6) is 0 Å². The third kappa shape index (κ3) is 5.56. The number of aromatic nitrogens is 4. The van der Waals surface area contributed by atoms with E-state index >= 15 is 0 Å². The molecule has 0 radical (unpaired) electrons. The summed E-state index contributed by atoms with van der Waals surface area (Å²) >= 11 is 0. The van der Waals surface area contributed by atoms with Crippen molar-refractivity contribution in [2.24, 2.45) is 18.4 Å². The fourth-order valence-electron chi connectivity index (χ4n) is 4.44. The topological polar surface area (TPSA) is 110 Å². The minimum Gasteiger partial charge on any atom is -0.481 e. The molecule has 2 aromatic rings. The van der Waals surface area contributed by atoms with Crippen molar-refractivity contribution in [1.82, 2.24) is 24.9 Å². The second-order valence-electron chi connectivity index (χ2n) is 9.52. The summed E-state index contributed by atoms with van der Waals surface area (Å²) in [7, 11) is 3.53. The molecule has 9 heteroatoms. The molecule has 1 amide bonds. The van der Waals surface area contributed by atoms with E-state index in [2.05, 4.69) is 27.1 Å². The van der Waals surface area contributed by atoms with Gasteiger partial charge >= 0.3 is 12.1 Å². The molecule has 9 nitrogen and oxygen atoms in total. The Morgan fingerprint density at radius 1 is 1.29 bits per heavy atom. The Bertz CT molecular complexity index is 1140. The number of hydrogen-bond acceptors (Lipinski definition) is 6. The number of ether oxygens (including phenoxy) is 1. The fourth-order valence-corrected chi connectivity index (χ4v) is 4.44. The number of carbonyl (C=O) groups excluding carboxylic acids is 1. The zero-order chi connectivity index (χ0) is 24.3. The van der Waals surface area contributed by atoms with E-state index in [1.165, 1.54) is 25.7 Å². The molecule has 0 saturated heterocycles. The Labute approximate surface area is 199 Å². The maximum absolute atomic E-state index is 12.5. The zero-order valence-electron chi connectivity index (χ0n) is 20.0. The summed E-state index contributed by atoms with van der Waals surface area (Å²) in [4.78, 5) is 29.8. The van der Waals surface area contributed by atoms with Gasteiger partial charge in [-0.3, -0.25) is 9.78 Å². The molecule has 0 atom stereocenters. The standard InChI is InChI=1S/C25H31N5O4/c1-17-19(10-11-25(12-13-25)14-22(31)32)8-9-20(26-17)23-21(30(3)28-27-23)16-34-24(33)29(2)15-18-6-4-5-7-18/h8-9,18H,4-7,12-16H2,1-3H3,(H,31,32). The second kappa shape index (κ2) is 9.84. The van der Waals surface area contributed by atoms with Gasteiger partial charge in [-0.25, -0.2) is 9.48 Å². The predicted molar refractivity (Wildman–Crippen MR) is 125 cm³/mol. The molecule has 0 bridgehead atoms. The van der Waals surface area contributed by atoms with E-state index in [9.17, 15) is 9.59 Å². The van der Waals surface area contributed by atoms with Crippen molar-refractivity contribution in [2.75, 3.05) is 13.6 Å². The highest BCUT2D eigenvalue weighted by molar-refractivity contribution is 5.69. The molecule has 2 aliphatic carbocycles. The van der Waals surface area contributed by atoms with E-state index in [1.807, 2.05) is 19.1 Å². The highest BCUT2D eigenvalue weighted by atomic mass is 16.6. The van der Waals surface area contributed by atoms with Gasteiger partial charge in [0.15, 0.2) is 0 Å². The number of aryl methyl sites for hydroxylation is 2. The Hall–Kier alpha value is -3.41. The van der Waals surface area contributed by atoms with Crippen LogP contribution in [0.4, 0.5) is 4.79 Å². The largest absolute Gasteiger partial charge is 0.481 e. The number of rotatable bonds is 7. The summed E-state index contributed by atoms with van der Waals surface area (Å²) in [6, 6.07) is 3.68. The molecule has 2 fully saturated rings. The highest BCUT2D eigenvalue weighted by Crippen LogP contribution is 2.48. The molecule has 0 unspecified atom stereocenters. The average Bonchev–Trinajstić information content (AvgIpc) is 3.17. The molecule has 0 aromatic carbocycles. The highest BCUT2D eigenvalue weighted by Gasteiger charge is 2.43. The van der Waals surface area contributed by atoms with Crippen LogP contribution in [-0.4, -0.2) is 55.6 Å². The Morgan fingerprint density at radius 2 is 2.03 bits per heavy atom. The first-order valence-electron chi connectivity index (χ1n) is 11.8. The summed E-state index contributed by atoms with van der Waals surface area (Å²) in [6.07, 6.45) is 6.14. The van der Waals surface area contributed by atoms with Gasteiger partial charge in [-0.15, -0.1) is 5.10 Å². The Kier molecular flexibility index (Phi) is 6.87. The lowest BCUT2D eigenvalue weighted by atomic mass is 10.0. The minimum absolute atomic E-state index is 0.0483. The molecular weight excluding hydrogens is 434 g/mol. The van der Waals surface area contributed by atoms with Gasteiger partial charge in [0.25, 0.3) is 0 Å². The lowest BCUT2D eigenvalue weighted by Gasteiger charge is -2.20. The number of carbonyl (C=O) groups is 2. The summed E-state index contributed by atoms with van der Waals surface area (Å²) in [5.41, 5.74) is 2.91. The number of aliphatic carboxylic acids is 1. The summed E-state index contributed by atoms with van der Waals surface area (Å²) in [6.45, 7) is 2.62. The molecular formula is C25H31N5O4. The molecule has 1 N–H and O–H groups in total. The van der Waals surface area contributed by atoms with Gasteiger partial charge in [-0.05, 0) is 50.7 Å². The zero-order valence-corrected chi connectivity index (χ0v) is 20.0. The summed E-state index contributed by atoms with van der Waals surface area (Å²) in [5.74, 6) is 5.98. The van der Waals surface area contributed by atoms with Crippen LogP contribution in [0.3, 0.4) is 0 Å². The monoisotopic (exact) mass is 465 g/mol. The van der Waals surface area contributed by atoms with E-state index in [1.54, 1.807) is 23.7 Å². The first-order valence-corrected chi connectivity index (χ1v) is 11.8. The van der Waals surface area contributed by atoms with E-state index in [0.717, 1.165) is 24.1 Å². The lowest BCUT2D eigenvalue weighted by molar-refractivity contribution is -0.137. The van der Waals surface area contributed by atoms with E-state index in [-0.39, 0.29) is 19.1 Å². The molecule has 34 heavy (non-hydrogen) atoms. The van der Waals surface area contributed by atoms with Gasteiger partial charge in [0.1, 0.15) is 18.0 Å². The molecule has 2 heterocycles. The third-order valence-corrected chi connectivity index (χ3v) is 6.73. The van der Waals surface area contributed by atoms with Crippen LogP contribution >= 0.6 is 0 Å². The van der Waals surface area contributed by atoms with Gasteiger partial charge < -0.3 is 14.7 Å². The number of hydrogen-bond donors (Lipinski definition) is 1. The van der Waals surface area contributed by atoms with Crippen molar-refractivity contribution in [3.05, 3.63) is 29.1 Å². The fraction of sp³-hybridized carbons (Fsp3) is 0.560. The van der Waals surface area contributed by atoms with Crippen LogP contribution in [0.25, 0.3) is 11.4 Å². The second-order valence-corrected chi connectivity index (χ2v) is 9.52. The smallest absolute Gasteiger partial charge is 0.409 e. The van der Waals surface area contributed by atoms with Crippen molar-refractivity contribution in [1.29, 1.82) is 0 Å².